The van der Waals surface area contributed by atoms with Crippen LogP contribution >= 0.6 is 0 Å². The normalized spacial score (nSPS) is 24.8. The first-order valence-electron chi connectivity index (χ1n) is 7.80. The molecule has 1 aromatic rings. The second-order valence-electron chi connectivity index (χ2n) is 6.17. The molecule has 0 amide bonds. The molecule has 3 atom stereocenters. The first-order chi connectivity index (χ1) is 9.52. The Bertz CT molecular complexity index is 447. The molecule has 0 aliphatic carbocycles. The number of nitrogens with one attached hydrogen (secondary N) is 1. The van der Waals surface area contributed by atoms with E-state index in [1.807, 2.05) is 6.07 Å². The molecule has 1 aliphatic heterocycles. The fraction of sp³-hybridized carbons (Fsp3) is 0.647. The van der Waals surface area contributed by atoms with E-state index in [1.165, 1.54) is 12.1 Å². The minimum absolute atomic E-state index is 0.146. The Labute approximate surface area is 122 Å². The Kier molecular flexibility index (Phi) is 5.03. The van der Waals surface area contributed by atoms with E-state index < -0.39 is 0 Å². The summed E-state index contributed by atoms with van der Waals surface area (Å²) in [4.78, 5) is 2.42. The lowest BCUT2D eigenvalue weighted by atomic mass is 9.88. The van der Waals surface area contributed by atoms with Gasteiger partial charge in [-0.05, 0) is 55.5 Å². The van der Waals surface area contributed by atoms with Gasteiger partial charge in [-0.1, -0.05) is 20.8 Å². The van der Waals surface area contributed by atoms with Crippen molar-refractivity contribution in [1.82, 2.24) is 5.32 Å². The molecule has 1 saturated heterocycles. The summed E-state index contributed by atoms with van der Waals surface area (Å²) in [5, 5.41) is 3.40. The number of halogens is 1. The van der Waals surface area contributed by atoms with Crippen LogP contribution in [0.3, 0.4) is 0 Å². The summed E-state index contributed by atoms with van der Waals surface area (Å²) in [7, 11) is 0. The lowest BCUT2D eigenvalue weighted by molar-refractivity contribution is 0.323. The molecule has 2 nitrogen and oxygen atoms in total. The number of rotatable bonds is 4. The Morgan fingerprint density at radius 3 is 2.75 bits per heavy atom. The van der Waals surface area contributed by atoms with Gasteiger partial charge in [0.2, 0.25) is 0 Å². The highest BCUT2D eigenvalue weighted by atomic mass is 19.1. The fourth-order valence-corrected chi connectivity index (χ4v) is 3.06. The van der Waals surface area contributed by atoms with Gasteiger partial charge in [0.1, 0.15) is 5.82 Å². The average Bonchev–Trinajstić information content (AvgIpc) is 2.42. The lowest BCUT2D eigenvalue weighted by Crippen LogP contribution is -2.39. The van der Waals surface area contributed by atoms with Crippen LogP contribution in [0.5, 0.6) is 0 Å². The van der Waals surface area contributed by atoms with Gasteiger partial charge in [-0.2, -0.15) is 0 Å². The zero-order valence-corrected chi connectivity index (χ0v) is 13.1. The maximum atomic E-state index is 13.6. The smallest absolute Gasteiger partial charge is 0.123 e. The van der Waals surface area contributed by atoms with Gasteiger partial charge in [-0.15, -0.1) is 0 Å². The van der Waals surface area contributed by atoms with E-state index in [9.17, 15) is 4.39 Å². The zero-order chi connectivity index (χ0) is 14.7. The number of nitrogens with zero attached hydrogens (tertiary/aromatic N) is 1. The van der Waals surface area contributed by atoms with Gasteiger partial charge in [-0.3, -0.25) is 0 Å². The van der Waals surface area contributed by atoms with E-state index in [0.717, 1.165) is 31.1 Å². The predicted octanol–water partition coefficient (Wildman–Crippen LogP) is 3.98. The number of benzene rings is 1. The monoisotopic (exact) mass is 278 g/mol. The van der Waals surface area contributed by atoms with Crippen LogP contribution in [0, 0.1) is 17.7 Å². The molecule has 3 heteroatoms. The van der Waals surface area contributed by atoms with Crippen molar-refractivity contribution >= 4 is 5.69 Å². The van der Waals surface area contributed by atoms with E-state index in [1.54, 1.807) is 12.1 Å². The summed E-state index contributed by atoms with van der Waals surface area (Å²) in [5.74, 6) is 1.32. The molecule has 0 bridgehead atoms. The van der Waals surface area contributed by atoms with E-state index in [4.69, 9.17) is 0 Å². The van der Waals surface area contributed by atoms with E-state index in [2.05, 4.69) is 37.9 Å². The minimum Gasteiger partial charge on any atom is -0.371 e. The van der Waals surface area contributed by atoms with Gasteiger partial charge < -0.3 is 10.2 Å². The van der Waals surface area contributed by atoms with Crippen molar-refractivity contribution in [3.8, 4) is 0 Å². The second kappa shape index (κ2) is 6.57. The SMILES string of the molecule is CCNC(C)c1cc(F)ccc1N1CCC(C)C(C)C1. The highest BCUT2D eigenvalue weighted by molar-refractivity contribution is 5.55. The highest BCUT2D eigenvalue weighted by Crippen LogP contribution is 2.32. The number of piperidine rings is 1. The van der Waals surface area contributed by atoms with E-state index in [-0.39, 0.29) is 11.9 Å². The van der Waals surface area contributed by atoms with Gasteiger partial charge >= 0.3 is 0 Å². The first kappa shape index (κ1) is 15.3. The maximum absolute atomic E-state index is 13.6. The molecule has 20 heavy (non-hydrogen) atoms. The molecule has 0 radical (unpaired) electrons. The van der Waals surface area contributed by atoms with Crippen LogP contribution in [-0.4, -0.2) is 19.6 Å². The lowest BCUT2D eigenvalue weighted by Gasteiger charge is -2.38. The van der Waals surface area contributed by atoms with Gasteiger partial charge in [0, 0.05) is 24.8 Å². The van der Waals surface area contributed by atoms with Crippen molar-refractivity contribution in [1.29, 1.82) is 0 Å². The van der Waals surface area contributed by atoms with Crippen LogP contribution in [0.25, 0.3) is 0 Å². The Hall–Kier alpha value is -1.09. The molecule has 2 rings (SSSR count). The Balaban J connectivity index is 2.26. The third kappa shape index (κ3) is 3.32. The molecule has 1 N–H and O–H groups in total. The topological polar surface area (TPSA) is 15.3 Å². The summed E-state index contributed by atoms with van der Waals surface area (Å²) in [6.07, 6.45) is 1.22. The summed E-state index contributed by atoms with van der Waals surface area (Å²) in [6.45, 7) is 11.9. The van der Waals surface area contributed by atoms with Gasteiger partial charge in [0.25, 0.3) is 0 Å². The predicted molar refractivity (Wildman–Crippen MR) is 83.6 cm³/mol. The average molecular weight is 278 g/mol. The first-order valence-corrected chi connectivity index (χ1v) is 7.80. The fourth-order valence-electron chi connectivity index (χ4n) is 3.06. The minimum atomic E-state index is -0.146. The van der Waals surface area contributed by atoms with Crippen molar-refractivity contribution in [2.75, 3.05) is 24.5 Å². The molecule has 112 valence electrons. The van der Waals surface area contributed by atoms with Crippen molar-refractivity contribution in [2.24, 2.45) is 11.8 Å². The Morgan fingerprint density at radius 1 is 1.35 bits per heavy atom. The van der Waals surface area contributed by atoms with Crippen LogP contribution in [0.2, 0.25) is 0 Å². The molecule has 1 aliphatic rings. The summed E-state index contributed by atoms with van der Waals surface area (Å²) >= 11 is 0. The van der Waals surface area contributed by atoms with Crippen molar-refractivity contribution in [2.45, 2.75) is 40.2 Å². The molecule has 1 aromatic carbocycles. The molecule has 0 aromatic heterocycles. The summed E-state index contributed by atoms with van der Waals surface area (Å²) in [6, 6.07) is 5.40. The summed E-state index contributed by atoms with van der Waals surface area (Å²) in [5.41, 5.74) is 2.27. The van der Waals surface area contributed by atoms with Gasteiger partial charge in [0.05, 0.1) is 0 Å². The summed E-state index contributed by atoms with van der Waals surface area (Å²) < 4.78 is 13.6. The van der Waals surface area contributed by atoms with Crippen LogP contribution < -0.4 is 10.2 Å². The van der Waals surface area contributed by atoms with Gasteiger partial charge in [-0.25, -0.2) is 4.39 Å². The van der Waals surface area contributed by atoms with Crippen LogP contribution in [0.4, 0.5) is 10.1 Å². The molecule has 3 unspecified atom stereocenters. The van der Waals surface area contributed by atoms with Crippen LogP contribution in [-0.2, 0) is 0 Å². The highest BCUT2D eigenvalue weighted by Gasteiger charge is 2.25. The molecule has 1 heterocycles. The molecular formula is C17H27FN2. The van der Waals surface area contributed by atoms with Crippen molar-refractivity contribution in [3.63, 3.8) is 0 Å². The third-order valence-corrected chi connectivity index (χ3v) is 4.64. The molecule has 0 saturated carbocycles. The Morgan fingerprint density at radius 2 is 2.10 bits per heavy atom. The van der Waals surface area contributed by atoms with E-state index in [0.29, 0.717) is 5.92 Å². The quantitative estimate of drug-likeness (QED) is 0.896. The van der Waals surface area contributed by atoms with Crippen LogP contribution in [0.1, 0.15) is 45.7 Å². The second-order valence-corrected chi connectivity index (χ2v) is 6.17. The van der Waals surface area contributed by atoms with Gasteiger partial charge in [0.15, 0.2) is 0 Å². The molecule has 0 spiro atoms. The maximum Gasteiger partial charge on any atom is 0.123 e. The van der Waals surface area contributed by atoms with Crippen molar-refractivity contribution in [3.05, 3.63) is 29.6 Å². The molecule has 1 fully saturated rings. The third-order valence-electron chi connectivity index (χ3n) is 4.64. The number of hydrogen-bond acceptors (Lipinski definition) is 2. The van der Waals surface area contributed by atoms with Crippen molar-refractivity contribution < 1.29 is 4.39 Å². The largest absolute Gasteiger partial charge is 0.371 e. The van der Waals surface area contributed by atoms with Crippen LogP contribution in [0.15, 0.2) is 18.2 Å². The number of anilines is 1. The zero-order valence-electron chi connectivity index (χ0n) is 13.1. The standard InChI is InChI=1S/C17H27FN2/c1-5-19-14(4)16-10-15(18)6-7-17(16)20-9-8-12(2)13(3)11-20/h6-7,10,12-14,19H,5,8-9,11H2,1-4H3. The number of hydrogen-bond donors (Lipinski definition) is 1. The van der Waals surface area contributed by atoms with E-state index >= 15 is 0 Å². The molecular weight excluding hydrogens is 251 g/mol.